The number of hydrogen-bond acceptors (Lipinski definition) is 2. The number of fused-ring (bicyclic) bond motifs is 1. The molecule has 0 aliphatic carbocycles. The molecular formula is C18H23ClN4O. The first kappa shape index (κ1) is 16.9. The Morgan fingerprint density at radius 2 is 2.12 bits per heavy atom. The maximum absolute atomic E-state index is 6.05. The number of ether oxygens (including phenoxy) is 1. The van der Waals surface area contributed by atoms with Crippen molar-refractivity contribution >= 4 is 17.6 Å². The van der Waals surface area contributed by atoms with Gasteiger partial charge in [-0.3, -0.25) is 4.99 Å². The Morgan fingerprint density at radius 3 is 2.83 bits per heavy atom. The van der Waals surface area contributed by atoms with Crippen LogP contribution in [0.1, 0.15) is 22.4 Å². The van der Waals surface area contributed by atoms with E-state index >= 15 is 0 Å². The average molecular weight is 347 g/mol. The molecule has 2 aromatic rings. The molecule has 1 N–H and O–H groups in total. The fourth-order valence-corrected chi connectivity index (χ4v) is 3.21. The van der Waals surface area contributed by atoms with Crippen LogP contribution in [-0.2, 0) is 38.1 Å². The van der Waals surface area contributed by atoms with Crippen LogP contribution >= 0.6 is 11.6 Å². The second kappa shape index (κ2) is 7.28. The molecule has 3 rings (SSSR count). The number of nitrogens with zero attached hydrogens (tertiary/aromatic N) is 3. The number of aromatic nitrogens is 1. The molecular weight excluding hydrogens is 324 g/mol. The van der Waals surface area contributed by atoms with E-state index in [0.717, 1.165) is 36.4 Å². The van der Waals surface area contributed by atoms with Crippen molar-refractivity contribution in [1.29, 1.82) is 0 Å². The van der Waals surface area contributed by atoms with Crippen LogP contribution in [0, 0.1) is 0 Å². The molecule has 6 heteroatoms. The van der Waals surface area contributed by atoms with Gasteiger partial charge in [0, 0.05) is 39.6 Å². The summed E-state index contributed by atoms with van der Waals surface area (Å²) < 4.78 is 7.50. The maximum atomic E-state index is 6.05. The van der Waals surface area contributed by atoms with Crippen molar-refractivity contribution < 1.29 is 4.74 Å². The van der Waals surface area contributed by atoms with Gasteiger partial charge in [-0.05, 0) is 22.8 Å². The van der Waals surface area contributed by atoms with Crippen LogP contribution in [0.15, 0.2) is 35.5 Å². The quantitative estimate of drug-likeness (QED) is 0.683. The molecule has 0 atom stereocenters. The molecule has 5 nitrogen and oxygen atoms in total. The Hall–Kier alpha value is -1.98. The first-order valence-electron chi connectivity index (χ1n) is 7.98. The maximum Gasteiger partial charge on any atom is 0.194 e. The Balaban J connectivity index is 1.61. The number of halogens is 1. The van der Waals surface area contributed by atoms with Crippen molar-refractivity contribution in [3.8, 4) is 0 Å². The average Bonchev–Trinajstić information content (AvgIpc) is 3.13. The zero-order valence-electron chi connectivity index (χ0n) is 14.3. The largest absolute Gasteiger partial charge is 0.372 e. The number of aliphatic imine (C=N–C) groups is 1. The third-order valence-corrected chi connectivity index (χ3v) is 4.49. The van der Waals surface area contributed by atoms with E-state index in [1.54, 1.807) is 7.05 Å². The Kier molecular flexibility index (Phi) is 5.11. The lowest BCUT2D eigenvalue weighted by Crippen LogP contribution is -2.38. The van der Waals surface area contributed by atoms with Gasteiger partial charge in [0.1, 0.15) is 0 Å². The number of hydrogen-bond donors (Lipinski definition) is 1. The van der Waals surface area contributed by atoms with Crippen molar-refractivity contribution in [2.45, 2.75) is 26.3 Å². The van der Waals surface area contributed by atoms with E-state index in [1.165, 1.54) is 16.7 Å². The van der Waals surface area contributed by atoms with Gasteiger partial charge in [-0.2, -0.15) is 0 Å². The molecule has 2 heterocycles. The van der Waals surface area contributed by atoms with Crippen LogP contribution in [0.5, 0.6) is 0 Å². The lowest BCUT2D eigenvalue weighted by Gasteiger charge is -2.22. The third kappa shape index (κ3) is 3.74. The summed E-state index contributed by atoms with van der Waals surface area (Å²) in [5.41, 5.74) is 4.95. The standard InChI is InChI=1S/C18H23ClN4O/c1-20-18(23(3)10-17-7-16(19)9-22(17)2)21-8-13-4-5-14-11-24-12-15(14)6-13/h4-7,9H,8,10-12H2,1-3H3,(H,20,21). The van der Waals surface area contributed by atoms with Gasteiger partial charge in [-0.25, -0.2) is 0 Å². The van der Waals surface area contributed by atoms with Crippen LogP contribution in [-0.4, -0.2) is 29.5 Å². The molecule has 0 saturated carbocycles. The SMILES string of the molecule is CN=C(NCc1ccc2c(c1)COC2)N(C)Cc1cc(Cl)cn1C. The van der Waals surface area contributed by atoms with Gasteiger partial charge < -0.3 is 19.5 Å². The van der Waals surface area contributed by atoms with Gasteiger partial charge in [0.25, 0.3) is 0 Å². The van der Waals surface area contributed by atoms with Crippen molar-refractivity contribution in [2.24, 2.45) is 12.0 Å². The summed E-state index contributed by atoms with van der Waals surface area (Å²) in [4.78, 5) is 6.46. The van der Waals surface area contributed by atoms with Gasteiger partial charge in [0.2, 0.25) is 0 Å². The number of guanidine groups is 1. The predicted molar refractivity (Wildman–Crippen MR) is 97.0 cm³/mol. The van der Waals surface area contributed by atoms with Crippen LogP contribution in [0.4, 0.5) is 0 Å². The summed E-state index contributed by atoms with van der Waals surface area (Å²) in [5, 5.41) is 4.17. The molecule has 0 radical (unpaired) electrons. The van der Waals surface area contributed by atoms with Crippen molar-refractivity contribution in [3.63, 3.8) is 0 Å². The summed E-state index contributed by atoms with van der Waals surface area (Å²) in [6.07, 6.45) is 1.91. The van der Waals surface area contributed by atoms with E-state index < -0.39 is 0 Å². The Labute approximate surface area is 147 Å². The zero-order chi connectivity index (χ0) is 17.1. The molecule has 24 heavy (non-hydrogen) atoms. The fourth-order valence-electron chi connectivity index (χ4n) is 2.94. The summed E-state index contributed by atoms with van der Waals surface area (Å²) in [7, 11) is 5.82. The molecule has 1 aliphatic heterocycles. The highest BCUT2D eigenvalue weighted by Crippen LogP contribution is 2.20. The van der Waals surface area contributed by atoms with Gasteiger partial charge in [-0.1, -0.05) is 29.8 Å². The first-order valence-corrected chi connectivity index (χ1v) is 8.35. The lowest BCUT2D eigenvalue weighted by atomic mass is 10.1. The topological polar surface area (TPSA) is 41.8 Å². The molecule has 0 saturated heterocycles. The Morgan fingerprint density at radius 1 is 1.33 bits per heavy atom. The van der Waals surface area contributed by atoms with E-state index in [4.69, 9.17) is 16.3 Å². The van der Waals surface area contributed by atoms with Crippen LogP contribution in [0.25, 0.3) is 0 Å². The van der Waals surface area contributed by atoms with Crippen LogP contribution in [0.3, 0.4) is 0 Å². The minimum atomic E-state index is 0.714. The fraction of sp³-hybridized carbons (Fsp3) is 0.389. The number of nitrogens with one attached hydrogen (secondary N) is 1. The lowest BCUT2D eigenvalue weighted by molar-refractivity contribution is 0.134. The second-order valence-electron chi connectivity index (χ2n) is 6.11. The van der Waals surface area contributed by atoms with Gasteiger partial charge >= 0.3 is 0 Å². The summed E-state index contributed by atoms with van der Waals surface area (Å²) >= 11 is 6.05. The first-order chi connectivity index (χ1) is 11.6. The van der Waals surface area contributed by atoms with Crippen LogP contribution in [0.2, 0.25) is 5.02 Å². The van der Waals surface area contributed by atoms with E-state index in [2.05, 4.69) is 33.4 Å². The molecule has 0 fully saturated rings. The van der Waals surface area contributed by atoms with E-state index in [0.29, 0.717) is 6.61 Å². The zero-order valence-corrected chi connectivity index (χ0v) is 15.1. The highest BCUT2D eigenvalue weighted by molar-refractivity contribution is 6.30. The number of rotatable bonds is 4. The Bertz CT molecular complexity index is 753. The summed E-state index contributed by atoms with van der Waals surface area (Å²) in [5.74, 6) is 0.851. The second-order valence-corrected chi connectivity index (χ2v) is 6.55. The number of aryl methyl sites for hydroxylation is 1. The summed E-state index contributed by atoms with van der Waals surface area (Å²) in [6.45, 7) is 2.91. The monoisotopic (exact) mass is 346 g/mol. The van der Waals surface area contributed by atoms with Gasteiger partial charge in [0.15, 0.2) is 5.96 Å². The molecule has 0 spiro atoms. The molecule has 0 unspecified atom stereocenters. The van der Waals surface area contributed by atoms with Gasteiger partial charge in [0.05, 0.1) is 24.8 Å². The predicted octanol–water partition coefficient (Wildman–Crippen LogP) is 2.92. The van der Waals surface area contributed by atoms with Crippen LogP contribution < -0.4 is 5.32 Å². The number of benzene rings is 1. The molecule has 0 bridgehead atoms. The molecule has 128 valence electrons. The van der Waals surface area contributed by atoms with E-state index in [9.17, 15) is 0 Å². The summed E-state index contributed by atoms with van der Waals surface area (Å²) in [6, 6.07) is 8.48. The molecule has 1 aromatic carbocycles. The van der Waals surface area contributed by atoms with Crippen molar-refractivity contribution in [2.75, 3.05) is 14.1 Å². The minimum absolute atomic E-state index is 0.714. The smallest absolute Gasteiger partial charge is 0.194 e. The van der Waals surface area contributed by atoms with Crippen molar-refractivity contribution in [1.82, 2.24) is 14.8 Å². The van der Waals surface area contributed by atoms with Gasteiger partial charge in [-0.15, -0.1) is 0 Å². The highest BCUT2D eigenvalue weighted by Gasteiger charge is 2.13. The normalized spacial score (nSPS) is 13.9. The molecule has 0 amide bonds. The third-order valence-electron chi connectivity index (χ3n) is 4.28. The molecule has 1 aromatic heterocycles. The van der Waals surface area contributed by atoms with Crippen molar-refractivity contribution in [3.05, 3.63) is 57.9 Å². The van der Waals surface area contributed by atoms with E-state index in [-0.39, 0.29) is 0 Å². The molecule has 1 aliphatic rings. The van der Waals surface area contributed by atoms with E-state index in [1.807, 2.05) is 30.9 Å². The minimum Gasteiger partial charge on any atom is -0.372 e. The highest BCUT2D eigenvalue weighted by atomic mass is 35.5.